The van der Waals surface area contributed by atoms with Gasteiger partial charge in [-0.2, -0.15) is 13.2 Å². The molecular weight excluding hydrogens is 623 g/mol. The second kappa shape index (κ2) is 15.5. The number of nitrogens with two attached hydrogens (primary N) is 1. The highest BCUT2D eigenvalue weighted by molar-refractivity contribution is 7.19. The predicted molar refractivity (Wildman–Crippen MR) is 162 cm³/mol. The molecule has 2 amide bonds. The van der Waals surface area contributed by atoms with Crippen LogP contribution in [0, 0.1) is 5.41 Å². The van der Waals surface area contributed by atoms with Crippen molar-refractivity contribution in [1.29, 1.82) is 5.41 Å². The topological polar surface area (TPSA) is 167 Å². The first kappa shape index (κ1) is 34.4. The van der Waals surface area contributed by atoms with Crippen LogP contribution >= 0.6 is 22.9 Å². The molecule has 0 saturated carbocycles. The Morgan fingerprint density at radius 1 is 1.11 bits per heavy atom. The van der Waals surface area contributed by atoms with Crippen LogP contribution in [0.15, 0.2) is 54.6 Å². The van der Waals surface area contributed by atoms with E-state index in [0.29, 0.717) is 15.6 Å². The SMILES string of the molecule is CC(NC(=O)CC(=O)Nc1ccc(C(=N)N)cc1)c1ccc(OC2CCNCC2)c(-c2ccc(Cl)s2)c1.O=C(O)C(F)(F)F. The Bertz CT molecular complexity index is 1480. The summed E-state index contributed by atoms with van der Waals surface area (Å²) in [5.74, 6) is -2.83. The number of carbonyl (C=O) groups is 3. The van der Waals surface area contributed by atoms with E-state index in [-0.39, 0.29) is 30.3 Å². The van der Waals surface area contributed by atoms with E-state index in [9.17, 15) is 22.8 Å². The average molecular weight is 654 g/mol. The fourth-order valence-electron chi connectivity index (χ4n) is 4.12. The molecule has 15 heteroatoms. The lowest BCUT2D eigenvalue weighted by molar-refractivity contribution is -0.192. The van der Waals surface area contributed by atoms with Crippen LogP contribution < -0.4 is 26.4 Å². The molecule has 0 spiro atoms. The summed E-state index contributed by atoms with van der Waals surface area (Å²) in [6.07, 6.45) is -3.36. The summed E-state index contributed by atoms with van der Waals surface area (Å²) in [4.78, 5) is 34.8. The third-order valence-electron chi connectivity index (χ3n) is 6.34. The van der Waals surface area contributed by atoms with E-state index < -0.39 is 18.1 Å². The number of anilines is 1. The summed E-state index contributed by atoms with van der Waals surface area (Å²) >= 11 is 7.69. The first-order valence-corrected chi connectivity index (χ1v) is 14.5. The van der Waals surface area contributed by atoms with Gasteiger partial charge in [0.2, 0.25) is 11.8 Å². The van der Waals surface area contributed by atoms with E-state index in [1.165, 1.54) is 11.3 Å². The standard InChI is InChI=1S/C27H30ClN5O3S.C2HF3O2/c1-16(32-25(34)15-26(35)33-19-5-2-17(3-6-19)27(29)30)18-4-7-22(36-20-10-12-31-13-11-20)21(14-18)23-8-9-24(28)37-23;3-2(4,5)1(6)7/h2-9,14,16,20,31H,10-13,15H2,1H3,(H3,29,30)(H,32,34)(H,33,35);(H,6,7). The molecule has 1 aliphatic rings. The number of carboxylic acid groups (broad SMARTS) is 1. The number of nitrogens with one attached hydrogen (secondary N) is 4. The molecule has 10 nitrogen and oxygen atoms in total. The molecule has 2 aromatic carbocycles. The van der Waals surface area contributed by atoms with Crippen LogP contribution in [0.1, 0.15) is 43.4 Å². The zero-order valence-electron chi connectivity index (χ0n) is 23.5. The normalized spacial score (nSPS) is 14.0. The number of thiophene rings is 1. The molecule has 1 aliphatic heterocycles. The number of amidine groups is 1. The number of ether oxygens (including phenoxy) is 1. The molecule has 2 heterocycles. The number of aliphatic carboxylic acids is 1. The van der Waals surface area contributed by atoms with E-state index in [1.807, 2.05) is 37.3 Å². The van der Waals surface area contributed by atoms with Crippen LogP contribution in [0.3, 0.4) is 0 Å². The van der Waals surface area contributed by atoms with Gasteiger partial charge in [-0.05, 0) is 86.9 Å². The molecular formula is C29H31ClF3N5O5S. The molecule has 0 radical (unpaired) electrons. The van der Waals surface area contributed by atoms with E-state index in [1.54, 1.807) is 24.3 Å². The minimum atomic E-state index is -5.08. The van der Waals surface area contributed by atoms with Gasteiger partial charge in [0.15, 0.2) is 0 Å². The van der Waals surface area contributed by atoms with Crippen molar-refractivity contribution in [2.75, 3.05) is 18.4 Å². The first-order chi connectivity index (χ1) is 20.7. The smallest absolute Gasteiger partial charge is 0.490 e. The predicted octanol–water partition coefficient (Wildman–Crippen LogP) is 5.32. The van der Waals surface area contributed by atoms with Crippen molar-refractivity contribution in [3.05, 3.63) is 70.1 Å². The first-order valence-electron chi connectivity index (χ1n) is 13.3. The molecule has 7 N–H and O–H groups in total. The lowest BCUT2D eigenvalue weighted by Gasteiger charge is -2.25. The van der Waals surface area contributed by atoms with Gasteiger partial charge in [-0.1, -0.05) is 17.7 Å². The van der Waals surface area contributed by atoms with Crippen LogP contribution in [-0.4, -0.2) is 54.1 Å². The van der Waals surface area contributed by atoms with Gasteiger partial charge in [0, 0.05) is 21.7 Å². The van der Waals surface area contributed by atoms with Crippen molar-refractivity contribution in [2.24, 2.45) is 5.73 Å². The van der Waals surface area contributed by atoms with E-state index in [2.05, 4.69) is 16.0 Å². The summed E-state index contributed by atoms with van der Waals surface area (Å²) < 4.78 is 38.8. The monoisotopic (exact) mass is 653 g/mol. The van der Waals surface area contributed by atoms with Crippen molar-refractivity contribution >= 4 is 52.2 Å². The molecule has 1 aromatic heterocycles. The van der Waals surface area contributed by atoms with Gasteiger partial charge in [-0.15, -0.1) is 11.3 Å². The van der Waals surface area contributed by atoms with Crippen molar-refractivity contribution < 1.29 is 37.4 Å². The summed E-state index contributed by atoms with van der Waals surface area (Å²) in [5, 5.41) is 23.5. The highest BCUT2D eigenvalue weighted by Gasteiger charge is 2.38. The number of carbonyl (C=O) groups excluding carboxylic acids is 2. The van der Waals surface area contributed by atoms with E-state index in [4.69, 9.17) is 37.4 Å². The van der Waals surface area contributed by atoms with Crippen LogP contribution in [0.5, 0.6) is 5.75 Å². The minimum absolute atomic E-state index is 0.0533. The zero-order chi connectivity index (χ0) is 32.4. The fraction of sp³-hybridized carbons (Fsp3) is 0.310. The van der Waals surface area contributed by atoms with Gasteiger partial charge < -0.3 is 31.5 Å². The van der Waals surface area contributed by atoms with Gasteiger partial charge in [-0.25, -0.2) is 4.79 Å². The van der Waals surface area contributed by atoms with E-state index in [0.717, 1.165) is 47.7 Å². The number of rotatable bonds is 9. The number of amides is 2. The minimum Gasteiger partial charge on any atom is -0.490 e. The fourth-order valence-corrected chi connectivity index (χ4v) is 5.19. The second-order valence-corrected chi connectivity index (χ2v) is 11.4. The third kappa shape index (κ3) is 10.5. The maximum Gasteiger partial charge on any atom is 0.490 e. The molecule has 44 heavy (non-hydrogen) atoms. The highest BCUT2D eigenvalue weighted by atomic mass is 35.5. The third-order valence-corrected chi connectivity index (χ3v) is 7.61. The summed E-state index contributed by atoms with van der Waals surface area (Å²) in [7, 11) is 0. The van der Waals surface area contributed by atoms with Crippen molar-refractivity contribution in [3.8, 4) is 16.2 Å². The average Bonchev–Trinajstić information content (AvgIpc) is 3.39. The number of nitrogen functional groups attached to an aromatic ring is 1. The van der Waals surface area contributed by atoms with Crippen LogP contribution in [0.25, 0.3) is 10.4 Å². The van der Waals surface area contributed by atoms with Crippen LogP contribution in [0.4, 0.5) is 18.9 Å². The molecule has 0 bridgehead atoms. The van der Waals surface area contributed by atoms with Gasteiger partial charge >= 0.3 is 12.1 Å². The Kier molecular flexibility index (Phi) is 12.1. The lowest BCUT2D eigenvalue weighted by Crippen LogP contribution is -2.34. The summed E-state index contributed by atoms with van der Waals surface area (Å²) in [5.41, 5.74) is 8.36. The number of halogens is 4. The molecule has 1 unspecified atom stereocenters. The van der Waals surface area contributed by atoms with Crippen molar-refractivity contribution in [3.63, 3.8) is 0 Å². The second-order valence-electron chi connectivity index (χ2n) is 9.73. The number of hydrogen-bond donors (Lipinski definition) is 6. The molecule has 4 rings (SSSR count). The molecule has 1 atom stereocenters. The molecule has 1 saturated heterocycles. The Balaban J connectivity index is 0.000000676. The zero-order valence-corrected chi connectivity index (χ0v) is 25.0. The number of benzene rings is 2. The van der Waals surface area contributed by atoms with E-state index >= 15 is 0 Å². The Hall–Kier alpha value is -4.14. The van der Waals surface area contributed by atoms with Gasteiger partial charge in [0.05, 0.1) is 10.4 Å². The van der Waals surface area contributed by atoms with Crippen LogP contribution in [0.2, 0.25) is 4.34 Å². The van der Waals surface area contributed by atoms with Gasteiger partial charge in [0.1, 0.15) is 24.1 Å². The summed E-state index contributed by atoms with van der Waals surface area (Å²) in [6.45, 7) is 3.75. The number of carboxylic acids is 1. The highest BCUT2D eigenvalue weighted by Crippen LogP contribution is 2.39. The number of alkyl halides is 3. The Morgan fingerprint density at radius 2 is 1.75 bits per heavy atom. The summed E-state index contributed by atoms with van der Waals surface area (Å²) in [6, 6.07) is 16.0. The van der Waals surface area contributed by atoms with Crippen molar-refractivity contribution in [1.82, 2.24) is 10.6 Å². The molecule has 0 aliphatic carbocycles. The largest absolute Gasteiger partial charge is 0.490 e. The van der Waals surface area contributed by atoms with Crippen LogP contribution in [-0.2, 0) is 14.4 Å². The maximum atomic E-state index is 12.6. The maximum absolute atomic E-state index is 12.6. The lowest BCUT2D eigenvalue weighted by atomic mass is 10.0. The van der Waals surface area contributed by atoms with Gasteiger partial charge in [0.25, 0.3) is 0 Å². The number of hydrogen-bond acceptors (Lipinski definition) is 7. The Morgan fingerprint density at radius 3 is 2.30 bits per heavy atom. The Labute approximate surface area is 260 Å². The van der Waals surface area contributed by atoms with Gasteiger partial charge in [-0.3, -0.25) is 15.0 Å². The molecule has 3 aromatic rings. The molecule has 1 fully saturated rings. The molecule has 236 valence electrons. The van der Waals surface area contributed by atoms with Crippen molar-refractivity contribution in [2.45, 2.75) is 44.5 Å². The number of piperidine rings is 1. The quantitative estimate of drug-likeness (QED) is 0.103.